The van der Waals surface area contributed by atoms with Crippen LogP contribution in [0.4, 0.5) is 0 Å². The van der Waals surface area contributed by atoms with Gasteiger partial charge in [0.05, 0.1) is 0 Å². The molecular weight excluding hydrogens is 343 g/mol. The average molecular weight is 358 g/mol. The van der Waals surface area contributed by atoms with Crippen LogP contribution in [0.15, 0.2) is 24.3 Å². The molecule has 1 aromatic carbocycles. The van der Waals surface area contributed by atoms with Crippen molar-refractivity contribution in [3.05, 3.63) is 33.4 Å². The van der Waals surface area contributed by atoms with Gasteiger partial charge in [0.2, 0.25) is 5.91 Å². The summed E-state index contributed by atoms with van der Waals surface area (Å²) in [6, 6.07) is 7.45. The van der Waals surface area contributed by atoms with Crippen LogP contribution in [-0.2, 0) is 4.79 Å². The molecule has 0 atom stereocenters. The van der Waals surface area contributed by atoms with Gasteiger partial charge in [-0.05, 0) is 47.2 Å². The van der Waals surface area contributed by atoms with Crippen molar-refractivity contribution >= 4 is 34.4 Å². The molecule has 0 spiro atoms. The standard InChI is InChI=1S/C13H15IN2O2/c1-15-6-3-7-16(9-12(15)17)13(18)10-4-2-5-11(14)8-10/h2,4-5,8H,3,6-7,9H2,1H3. The molecule has 0 aliphatic carbocycles. The van der Waals surface area contributed by atoms with Crippen LogP contribution >= 0.6 is 22.6 Å². The number of halogens is 1. The van der Waals surface area contributed by atoms with E-state index in [-0.39, 0.29) is 18.4 Å². The highest BCUT2D eigenvalue weighted by Crippen LogP contribution is 2.12. The minimum Gasteiger partial charge on any atom is -0.344 e. The van der Waals surface area contributed by atoms with Crippen LogP contribution in [-0.4, -0.2) is 48.3 Å². The number of carbonyl (C=O) groups excluding carboxylic acids is 2. The smallest absolute Gasteiger partial charge is 0.254 e. The first-order valence-electron chi connectivity index (χ1n) is 5.87. The molecule has 0 unspecified atom stereocenters. The molecule has 1 heterocycles. The van der Waals surface area contributed by atoms with Gasteiger partial charge in [0.25, 0.3) is 5.91 Å². The van der Waals surface area contributed by atoms with Gasteiger partial charge in [-0.2, -0.15) is 0 Å². The molecule has 1 aliphatic rings. The third-order valence-electron chi connectivity index (χ3n) is 3.03. The molecule has 0 radical (unpaired) electrons. The van der Waals surface area contributed by atoms with E-state index in [1.807, 2.05) is 18.2 Å². The van der Waals surface area contributed by atoms with Gasteiger partial charge >= 0.3 is 0 Å². The summed E-state index contributed by atoms with van der Waals surface area (Å²) in [6.45, 7) is 1.54. The molecule has 0 saturated carbocycles. The van der Waals surface area contributed by atoms with Crippen LogP contribution in [0.25, 0.3) is 0 Å². The molecule has 0 N–H and O–H groups in total. The van der Waals surface area contributed by atoms with E-state index >= 15 is 0 Å². The Labute approximate surface area is 120 Å². The van der Waals surface area contributed by atoms with Gasteiger partial charge in [0.1, 0.15) is 6.54 Å². The number of nitrogens with zero attached hydrogens (tertiary/aromatic N) is 2. The van der Waals surface area contributed by atoms with Crippen LogP contribution in [0.3, 0.4) is 0 Å². The lowest BCUT2D eigenvalue weighted by atomic mass is 10.2. The van der Waals surface area contributed by atoms with Crippen molar-refractivity contribution < 1.29 is 9.59 Å². The average Bonchev–Trinajstić information content (AvgIpc) is 2.51. The second-order valence-corrected chi connectivity index (χ2v) is 5.65. The van der Waals surface area contributed by atoms with Crippen molar-refractivity contribution in [3.63, 3.8) is 0 Å². The van der Waals surface area contributed by atoms with Gasteiger partial charge in [-0.3, -0.25) is 9.59 Å². The molecule has 0 aromatic heterocycles. The summed E-state index contributed by atoms with van der Waals surface area (Å²) in [4.78, 5) is 27.4. The predicted molar refractivity (Wildman–Crippen MR) is 77.3 cm³/mol. The number of likely N-dealkylation sites (N-methyl/N-ethyl adjacent to an activating group) is 1. The van der Waals surface area contributed by atoms with Crippen molar-refractivity contribution in [1.29, 1.82) is 0 Å². The van der Waals surface area contributed by atoms with Gasteiger partial charge in [0.15, 0.2) is 0 Å². The van der Waals surface area contributed by atoms with E-state index in [1.165, 1.54) is 0 Å². The Morgan fingerprint density at radius 1 is 1.33 bits per heavy atom. The third-order valence-corrected chi connectivity index (χ3v) is 3.70. The maximum Gasteiger partial charge on any atom is 0.254 e. The van der Waals surface area contributed by atoms with Crippen molar-refractivity contribution in [3.8, 4) is 0 Å². The number of amides is 2. The van der Waals surface area contributed by atoms with Gasteiger partial charge in [-0.15, -0.1) is 0 Å². The summed E-state index contributed by atoms with van der Waals surface area (Å²) >= 11 is 2.18. The third kappa shape index (κ3) is 3.01. The molecule has 0 bridgehead atoms. The van der Waals surface area contributed by atoms with Crippen molar-refractivity contribution in [2.45, 2.75) is 6.42 Å². The summed E-state index contributed by atoms with van der Waals surface area (Å²) in [5.74, 6) is -0.0522. The lowest BCUT2D eigenvalue weighted by Crippen LogP contribution is -2.38. The monoisotopic (exact) mass is 358 g/mol. The molecule has 2 rings (SSSR count). The first-order chi connectivity index (χ1) is 8.58. The zero-order chi connectivity index (χ0) is 13.1. The van der Waals surface area contributed by atoms with Crippen molar-refractivity contribution in [2.24, 2.45) is 0 Å². The molecule has 18 heavy (non-hydrogen) atoms. The molecular formula is C13H15IN2O2. The zero-order valence-electron chi connectivity index (χ0n) is 10.2. The number of benzene rings is 1. The summed E-state index contributed by atoms with van der Waals surface area (Å²) in [5.41, 5.74) is 0.652. The van der Waals surface area contributed by atoms with Crippen LogP contribution in [0.5, 0.6) is 0 Å². The highest BCUT2D eigenvalue weighted by atomic mass is 127. The molecule has 5 heteroatoms. The van der Waals surface area contributed by atoms with Crippen LogP contribution in [0.1, 0.15) is 16.8 Å². The fourth-order valence-electron chi connectivity index (χ4n) is 1.96. The van der Waals surface area contributed by atoms with Gasteiger partial charge in [0, 0.05) is 29.3 Å². The SMILES string of the molecule is CN1CCCN(C(=O)c2cccc(I)c2)CC1=O. The Bertz CT molecular complexity index is 476. The molecule has 2 amide bonds. The normalized spacial score (nSPS) is 16.7. The minimum absolute atomic E-state index is 0.00600. The Morgan fingerprint density at radius 2 is 2.11 bits per heavy atom. The lowest BCUT2D eigenvalue weighted by molar-refractivity contribution is -0.129. The summed E-state index contributed by atoms with van der Waals surface area (Å²) in [5, 5.41) is 0. The number of hydrogen-bond donors (Lipinski definition) is 0. The highest BCUT2D eigenvalue weighted by Gasteiger charge is 2.23. The largest absolute Gasteiger partial charge is 0.344 e. The van der Waals surface area contributed by atoms with E-state index < -0.39 is 0 Å². The molecule has 1 aromatic rings. The van der Waals surface area contributed by atoms with Gasteiger partial charge in [-0.25, -0.2) is 0 Å². The Balaban J connectivity index is 2.16. The molecule has 4 nitrogen and oxygen atoms in total. The van der Waals surface area contributed by atoms with Gasteiger partial charge < -0.3 is 9.80 Å². The summed E-state index contributed by atoms with van der Waals surface area (Å²) in [6.07, 6.45) is 0.831. The van der Waals surface area contributed by atoms with Crippen molar-refractivity contribution in [2.75, 3.05) is 26.7 Å². The van der Waals surface area contributed by atoms with Crippen LogP contribution < -0.4 is 0 Å². The van der Waals surface area contributed by atoms with E-state index in [0.29, 0.717) is 12.1 Å². The van der Waals surface area contributed by atoms with Gasteiger partial charge in [-0.1, -0.05) is 6.07 Å². The highest BCUT2D eigenvalue weighted by molar-refractivity contribution is 14.1. The maximum atomic E-state index is 12.3. The lowest BCUT2D eigenvalue weighted by Gasteiger charge is -2.19. The van der Waals surface area contributed by atoms with E-state index in [4.69, 9.17) is 0 Å². The summed E-state index contributed by atoms with van der Waals surface area (Å²) < 4.78 is 1.02. The number of rotatable bonds is 1. The van der Waals surface area contributed by atoms with E-state index in [9.17, 15) is 9.59 Å². The quantitative estimate of drug-likeness (QED) is 0.716. The molecule has 1 fully saturated rings. The Kier molecular flexibility index (Phi) is 4.21. The fourth-order valence-corrected chi connectivity index (χ4v) is 2.51. The van der Waals surface area contributed by atoms with Crippen molar-refractivity contribution in [1.82, 2.24) is 9.80 Å². The zero-order valence-corrected chi connectivity index (χ0v) is 12.4. The second-order valence-electron chi connectivity index (χ2n) is 4.41. The maximum absolute atomic E-state index is 12.3. The Morgan fingerprint density at radius 3 is 2.83 bits per heavy atom. The summed E-state index contributed by atoms with van der Waals surface area (Å²) in [7, 11) is 1.78. The second kappa shape index (κ2) is 5.69. The fraction of sp³-hybridized carbons (Fsp3) is 0.385. The van der Waals surface area contributed by atoms with E-state index in [2.05, 4.69) is 22.6 Å². The molecule has 1 saturated heterocycles. The first kappa shape index (κ1) is 13.3. The molecule has 96 valence electrons. The molecule has 1 aliphatic heterocycles. The first-order valence-corrected chi connectivity index (χ1v) is 6.94. The Hall–Kier alpha value is -1.11. The predicted octanol–water partition coefficient (Wildman–Crippen LogP) is 1.60. The van der Waals surface area contributed by atoms with Crippen LogP contribution in [0.2, 0.25) is 0 Å². The van der Waals surface area contributed by atoms with E-state index in [1.54, 1.807) is 22.9 Å². The van der Waals surface area contributed by atoms with Crippen LogP contribution in [0, 0.1) is 3.57 Å². The topological polar surface area (TPSA) is 40.6 Å². The number of hydrogen-bond acceptors (Lipinski definition) is 2. The minimum atomic E-state index is -0.0582. The van der Waals surface area contributed by atoms with E-state index in [0.717, 1.165) is 16.5 Å². The number of carbonyl (C=O) groups is 2.